The van der Waals surface area contributed by atoms with E-state index in [4.69, 9.17) is 0 Å². The van der Waals surface area contributed by atoms with E-state index in [1.165, 1.54) is 36.0 Å². The van der Waals surface area contributed by atoms with Gasteiger partial charge in [0.05, 0.1) is 6.54 Å². The Labute approximate surface area is 179 Å². The van der Waals surface area contributed by atoms with Crippen LogP contribution in [0.2, 0.25) is 0 Å². The number of nitrogens with zero attached hydrogens (tertiary/aromatic N) is 5. The smallest absolute Gasteiger partial charge is 0.255 e. The lowest BCUT2D eigenvalue weighted by Crippen LogP contribution is -2.47. The molecule has 3 heterocycles. The van der Waals surface area contributed by atoms with Gasteiger partial charge in [-0.1, -0.05) is 0 Å². The lowest BCUT2D eigenvalue weighted by molar-refractivity contribution is -0.132. The van der Waals surface area contributed by atoms with E-state index >= 15 is 0 Å². The van der Waals surface area contributed by atoms with Gasteiger partial charge in [-0.15, -0.1) is 11.8 Å². The number of aryl methyl sites for hydroxylation is 1. The molecule has 1 aromatic carbocycles. The molecule has 1 unspecified atom stereocenters. The SMILES string of the molecule is Cn1ccnc1CN1CCCN(C(=O)C2SCCN2C(=O)c2ccc(F)cc2)CC1. The van der Waals surface area contributed by atoms with Crippen LogP contribution in [0.1, 0.15) is 22.6 Å². The van der Waals surface area contributed by atoms with E-state index in [-0.39, 0.29) is 17.6 Å². The van der Waals surface area contributed by atoms with Crippen molar-refractivity contribution in [2.24, 2.45) is 7.05 Å². The van der Waals surface area contributed by atoms with E-state index in [1.807, 2.05) is 22.7 Å². The molecule has 2 aliphatic rings. The zero-order valence-corrected chi connectivity index (χ0v) is 17.9. The molecule has 0 spiro atoms. The highest BCUT2D eigenvalue weighted by Gasteiger charge is 2.38. The summed E-state index contributed by atoms with van der Waals surface area (Å²) in [6.45, 7) is 4.30. The number of amides is 2. The number of benzene rings is 1. The minimum Gasteiger partial charge on any atom is -0.339 e. The minimum absolute atomic E-state index is 0.00759. The highest BCUT2D eigenvalue weighted by atomic mass is 32.2. The Morgan fingerprint density at radius 2 is 1.93 bits per heavy atom. The van der Waals surface area contributed by atoms with Crippen LogP contribution in [-0.2, 0) is 18.4 Å². The van der Waals surface area contributed by atoms with Crippen molar-refractivity contribution < 1.29 is 14.0 Å². The number of imidazole rings is 1. The van der Waals surface area contributed by atoms with Crippen molar-refractivity contribution in [3.63, 3.8) is 0 Å². The Kier molecular flexibility index (Phi) is 6.38. The summed E-state index contributed by atoms with van der Waals surface area (Å²) in [5, 5.41) is -0.511. The molecule has 1 aromatic heterocycles. The van der Waals surface area contributed by atoms with E-state index in [1.54, 1.807) is 11.1 Å². The Bertz CT molecular complexity index is 903. The molecule has 1 atom stereocenters. The summed E-state index contributed by atoms with van der Waals surface area (Å²) in [4.78, 5) is 36.3. The molecule has 0 saturated carbocycles. The predicted molar refractivity (Wildman–Crippen MR) is 113 cm³/mol. The van der Waals surface area contributed by atoms with Crippen molar-refractivity contribution >= 4 is 23.6 Å². The Balaban J connectivity index is 1.38. The lowest BCUT2D eigenvalue weighted by Gasteiger charge is -2.29. The van der Waals surface area contributed by atoms with Crippen LogP contribution < -0.4 is 0 Å². The maximum Gasteiger partial charge on any atom is 0.255 e. The number of carbonyl (C=O) groups excluding carboxylic acids is 2. The highest BCUT2D eigenvalue weighted by Crippen LogP contribution is 2.28. The molecule has 30 heavy (non-hydrogen) atoms. The fraction of sp³-hybridized carbons (Fsp3) is 0.476. The largest absolute Gasteiger partial charge is 0.339 e. The van der Waals surface area contributed by atoms with Crippen LogP contribution in [0.3, 0.4) is 0 Å². The molecule has 2 aliphatic heterocycles. The highest BCUT2D eigenvalue weighted by molar-refractivity contribution is 8.00. The fourth-order valence-electron chi connectivity index (χ4n) is 3.90. The number of hydrogen-bond donors (Lipinski definition) is 0. The van der Waals surface area contributed by atoms with Gasteiger partial charge in [0.25, 0.3) is 11.8 Å². The van der Waals surface area contributed by atoms with E-state index in [0.717, 1.165) is 37.6 Å². The van der Waals surface area contributed by atoms with Gasteiger partial charge in [-0.25, -0.2) is 9.37 Å². The Morgan fingerprint density at radius 1 is 1.13 bits per heavy atom. The van der Waals surface area contributed by atoms with Crippen LogP contribution >= 0.6 is 11.8 Å². The third kappa shape index (κ3) is 4.52. The summed E-state index contributed by atoms with van der Waals surface area (Å²) in [7, 11) is 1.99. The first-order valence-electron chi connectivity index (χ1n) is 10.2. The van der Waals surface area contributed by atoms with Crippen LogP contribution in [0.4, 0.5) is 4.39 Å². The zero-order chi connectivity index (χ0) is 21.1. The maximum absolute atomic E-state index is 13.2. The van der Waals surface area contributed by atoms with Crippen molar-refractivity contribution in [2.45, 2.75) is 18.3 Å². The first-order chi connectivity index (χ1) is 14.5. The number of rotatable bonds is 4. The van der Waals surface area contributed by atoms with Crippen LogP contribution in [-0.4, -0.2) is 79.9 Å². The van der Waals surface area contributed by atoms with E-state index < -0.39 is 5.37 Å². The molecule has 0 bridgehead atoms. The molecule has 0 radical (unpaired) electrons. The third-order valence-electron chi connectivity index (χ3n) is 5.64. The lowest BCUT2D eigenvalue weighted by atomic mass is 10.2. The molecular formula is C21H26FN5O2S. The zero-order valence-electron chi connectivity index (χ0n) is 17.0. The van der Waals surface area contributed by atoms with Crippen molar-refractivity contribution in [3.05, 3.63) is 53.9 Å². The van der Waals surface area contributed by atoms with Crippen molar-refractivity contribution in [1.29, 1.82) is 0 Å². The van der Waals surface area contributed by atoms with Gasteiger partial charge in [0, 0.05) is 63.5 Å². The summed E-state index contributed by atoms with van der Waals surface area (Å²) in [6.07, 6.45) is 4.62. The van der Waals surface area contributed by atoms with Gasteiger partial charge in [0.15, 0.2) is 5.37 Å². The van der Waals surface area contributed by atoms with Crippen molar-refractivity contribution in [1.82, 2.24) is 24.3 Å². The van der Waals surface area contributed by atoms with Crippen LogP contribution in [0.15, 0.2) is 36.7 Å². The molecule has 2 amide bonds. The number of hydrogen-bond acceptors (Lipinski definition) is 5. The molecule has 2 saturated heterocycles. The second-order valence-corrected chi connectivity index (χ2v) is 8.83. The summed E-state index contributed by atoms with van der Waals surface area (Å²) >= 11 is 1.50. The first-order valence-corrected chi connectivity index (χ1v) is 11.2. The number of aromatic nitrogens is 2. The van der Waals surface area contributed by atoms with E-state index in [9.17, 15) is 14.0 Å². The van der Waals surface area contributed by atoms with E-state index in [2.05, 4.69) is 9.88 Å². The molecule has 0 N–H and O–H groups in total. The fourth-order valence-corrected chi connectivity index (χ4v) is 5.09. The molecule has 0 aliphatic carbocycles. The van der Waals surface area contributed by atoms with Gasteiger partial charge in [0.2, 0.25) is 0 Å². The van der Waals surface area contributed by atoms with Gasteiger partial charge >= 0.3 is 0 Å². The monoisotopic (exact) mass is 431 g/mol. The standard InChI is InChI=1S/C21H26FN5O2S/c1-24-10-7-23-18(24)15-25-8-2-9-26(12-11-25)20(29)21-27(13-14-30-21)19(28)16-3-5-17(22)6-4-16/h3-7,10,21H,2,8-9,11-15H2,1H3. The van der Waals surface area contributed by atoms with Crippen molar-refractivity contribution in [3.8, 4) is 0 Å². The molecule has 7 nitrogen and oxygen atoms in total. The Morgan fingerprint density at radius 3 is 2.67 bits per heavy atom. The number of carbonyl (C=O) groups is 2. The van der Waals surface area contributed by atoms with Gasteiger partial charge in [-0.2, -0.15) is 0 Å². The average Bonchev–Trinajstić information content (AvgIpc) is 3.32. The maximum atomic E-state index is 13.2. The van der Waals surface area contributed by atoms with Crippen molar-refractivity contribution in [2.75, 3.05) is 38.5 Å². The number of halogens is 1. The third-order valence-corrected chi connectivity index (χ3v) is 6.83. The summed E-state index contributed by atoms with van der Waals surface area (Å²) < 4.78 is 15.2. The molecule has 2 aromatic rings. The van der Waals surface area contributed by atoms with Crippen LogP contribution in [0.5, 0.6) is 0 Å². The summed E-state index contributed by atoms with van der Waals surface area (Å²) in [5.41, 5.74) is 0.411. The van der Waals surface area contributed by atoms with Gasteiger partial charge in [0.1, 0.15) is 11.6 Å². The quantitative estimate of drug-likeness (QED) is 0.739. The van der Waals surface area contributed by atoms with Crippen LogP contribution in [0.25, 0.3) is 0 Å². The van der Waals surface area contributed by atoms with Gasteiger partial charge < -0.3 is 14.4 Å². The molecule has 4 rings (SSSR count). The Hall–Kier alpha value is -2.39. The average molecular weight is 432 g/mol. The second-order valence-electron chi connectivity index (χ2n) is 7.64. The first kappa shape index (κ1) is 20.9. The molecule has 9 heteroatoms. The molecule has 2 fully saturated rings. The van der Waals surface area contributed by atoms with Gasteiger partial charge in [-0.3, -0.25) is 14.5 Å². The molecule has 160 valence electrons. The van der Waals surface area contributed by atoms with Crippen LogP contribution in [0, 0.1) is 5.82 Å². The second kappa shape index (κ2) is 9.18. The summed E-state index contributed by atoms with van der Waals surface area (Å²) in [5.74, 6) is 1.13. The minimum atomic E-state index is -0.511. The normalized spacial score (nSPS) is 20.4. The van der Waals surface area contributed by atoms with E-state index in [0.29, 0.717) is 25.2 Å². The van der Waals surface area contributed by atoms with Gasteiger partial charge in [-0.05, 0) is 30.7 Å². The summed E-state index contributed by atoms with van der Waals surface area (Å²) in [6, 6.07) is 5.50. The topological polar surface area (TPSA) is 61.7 Å². The number of thioether (sulfide) groups is 1. The molecular weight excluding hydrogens is 405 g/mol. The predicted octanol–water partition coefficient (Wildman–Crippen LogP) is 1.81.